The third kappa shape index (κ3) is 4.44. The number of nitrogens with one attached hydrogen (secondary N) is 1. The predicted octanol–water partition coefficient (Wildman–Crippen LogP) is 4.92. The Hall–Kier alpha value is -2.19. The maximum absolute atomic E-state index is 13.2. The summed E-state index contributed by atoms with van der Waals surface area (Å²) >= 11 is 2.63. The maximum Gasteiger partial charge on any atom is 0.260 e. The van der Waals surface area contributed by atoms with Gasteiger partial charge >= 0.3 is 0 Å². The lowest BCUT2D eigenvalue weighted by Crippen LogP contribution is -2.40. The van der Waals surface area contributed by atoms with Gasteiger partial charge in [-0.15, -0.1) is 11.3 Å². The number of H-pyrrole nitrogens is 1. The van der Waals surface area contributed by atoms with Crippen LogP contribution in [0.25, 0.3) is 21.3 Å². The van der Waals surface area contributed by atoms with Gasteiger partial charge in [-0.05, 0) is 49.3 Å². The molecule has 158 valence electrons. The first-order valence-corrected chi connectivity index (χ1v) is 11.9. The number of thioether (sulfide) groups is 1. The summed E-state index contributed by atoms with van der Waals surface area (Å²) in [6.45, 7) is 2.26. The van der Waals surface area contributed by atoms with E-state index in [2.05, 4.69) is 16.9 Å². The van der Waals surface area contributed by atoms with Crippen molar-refractivity contribution in [3.05, 3.63) is 45.8 Å². The number of aromatic nitrogens is 2. The quantitative estimate of drug-likeness (QED) is 0.447. The Morgan fingerprint density at radius 2 is 1.97 bits per heavy atom. The van der Waals surface area contributed by atoms with Gasteiger partial charge < -0.3 is 9.88 Å². The topological polar surface area (TPSA) is 66.1 Å². The normalized spacial score (nSPS) is 19.2. The number of hydrogen-bond donors (Lipinski definition) is 1. The lowest BCUT2D eigenvalue weighted by atomic mass is 9.87. The Morgan fingerprint density at radius 1 is 1.27 bits per heavy atom. The highest BCUT2D eigenvalue weighted by atomic mass is 32.2. The van der Waals surface area contributed by atoms with Crippen LogP contribution in [0, 0.1) is 11.7 Å². The molecule has 30 heavy (non-hydrogen) atoms. The summed E-state index contributed by atoms with van der Waals surface area (Å²) in [6, 6.07) is 6.36. The SMILES string of the molecule is CC1CCC(N(C)C(=O)CSc2nc3scc(-c4ccc(F)cc4)c3c(=O)[nH]2)CC1. The number of fused-ring (bicyclic) bond motifs is 1. The molecule has 5 nitrogen and oxygen atoms in total. The monoisotopic (exact) mass is 445 g/mol. The smallest absolute Gasteiger partial charge is 0.260 e. The zero-order valence-corrected chi connectivity index (χ0v) is 18.6. The predicted molar refractivity (Wildman–Crippen MR) is 121 cm³/mol. The van der Waals surface area contributed by atoms with Crippen LogP contribution < -0.4 is 5.56 Å². The molecule has 0 bridgehead atoms. The first-order valence-electron chi connectivity index (χ1n) is 10.1. The number of nitrogens with zero attached hydrogens (tertiary/aromatic N) is 2. The minimum atomic E-state index is -0.318. The highest BCUT2D eigenvalue weighted by Gasteiger charge is 2.25. The first kappa shape index (κ1) is 21.1. The summed E-state index contributed by atoms with van der Waals surface area (Å²) < 4.78 is 13.2. The van der Waals surface area contributed by atoms with Crippen molar-refractivity contribution >= 4 is 39.2 Å². The molecular weight excluding hydrogens is 421 g/mol. The van der Waals surface area contributed by atoms with Gasteiger partial charge in [-0.2, -0.15) is 0 Å². The Labute approximate surface area is 182 Å². The van der Waals surface area contributed by atoms with E-state index in [4.69, 9.17) is 0 Å². The van der Waals surface area contributed by atoms with Gasteiger partial charge in [0.2, 0.25) is 5.91 Å². The summed E-state index contributed by atoms with van der Waals surface area (Å²) in [6.07, 6.45) is 4.43. The highest BCUT2D eigenvalue weighted by Crippen LogP contribution is 2.32. The first-order chi connectivity index (χ1) is 14.4. The molecule has 1 aliphatic carbocycles. The van der Waals surface area contributed by atoms with Crippen LogP contribution in [-0.2, 0) is 4.79 Å². The lowest BCUT2D eigenvalue weighted by molar-refractivity contribution is -0.129. The molecule has 0 spiro atoms. The molecular formula is C22H24FN3O2S2. The summed E-state index contributed by atoms with van der Waals surface area (Å²) in [5.74, 6) is 0.722. The van der Waals surface area contributed by atoms with E-state index in [0.717, 1.165) is 42.7 Å². The number of thiophene rings is 1. The van der Waals surface area contributed by atoms with Crippen molar-refractivity contribution in [2.24, 2.45) is 5.92 Å². The summed E-state index contributed by atoms with van der Waals surface area (Å²) in [7, 11) is 1.87. The van der Waals surface area contributed by atoms with Crippen LogP contribution in [0.3, 0.4) is 0 Å². The third-order valence-electron chi connectivity index (χ3n) is 5.84. The fourth-order valence-electron chi connectivity index (χ4n) is 3.90. The Morgan fingerprint density at radius 3 is 2.67 bits per heavy atom. The second-order valence-corrected chi connectivity index (χ2v) is 9.74. The van der Waals surface area contributed by atoms with Crippen molar-refractivity contribution in [3.8, 4) is 11.1 Å². The fourth-order valence-corrected chi connectivity index (χ4v) is 5.70. The Balaban J connectivity index is 1.47. The number of hydrogen-bond acceptors (Lipinski definition) is 5. The lowest BCUT2D eigenvalue weighted by Gasteiger charge is -2.33. The van der Waals surface area contributed by atoms with Gasteiger partial charge in [0.15, 0.2) is 5.16 Å². The molecule has 0 radical (unpaired) electrons. The van der Waals surface area contributed by atoms with Gasteiger partial charge in [-0.3, -0.25) is 9.59 Å². The van der Waals surface area contributed by atoms with Crippen molar-refractivity contribution in [2.45, 2.75) is 43.8 Å². The molecule has 2 aromatic heterocycles. The maximum atomic E-state index is 13.2. The number of carbonyl (C=O) groups is 1. The molecule has 2 heterocycles. The van der Waals surface area contributed by atoms with Crippen molar-refractivity contribution < 1.29 is 9.18 Å². The highest BCUT2D eigenvalue weighted by molar-refractivity contribution is 7.99. The van der Waals surface area contributed by atoms with Crippen LogP contribution in [0.5, 0.6) is 0 Å². The second kappa shape index (κ2) is 8.89. The molecule has 1 aromatic carbocycles. The van der Waals surface area contributed by atoms with E-state index >= 15 is 0 Å². The number of aromatic amines is 1. The van der Waals surface area contributed by atoms with Gasteiger partial charge in [0.1, 0.15) is 10.6 Å². The van der Waals surface area contributed by atoms with Crippen molar-refractivity contribution in [3.63, 3.8) is 0 Å². The molecule has 0 unspecified atom stereocenters. The fraction of sp³-hybridized carbons (Fsp3) is 0.409. The van der Waals surface area contributed by atoms with Gasteiger partial charge in [-0.1, -0.05) is 30.8 Å². The van der Waals surface area contributed by atoms with Crippen LogP contribution in [0.15, 0.2) is 39.6 Å². The zero-order valence-electron chi connectivity index (χ0n) is 17.0. The summed E-state index contributed by atoms with van der Waals surface area (Å²) in [5, 5.41) is 2.80. The minimum absolute atomic E-state index is 0.0560. The summed E-state index contributed by atoms with van der Waals surface area (Å²) in [5.41, 5.74) is 1.27. The number of halogens is 1. The number of benzene rings is 1. The molecule has 1 saturated carbocycles. The molecule has 1 aliphatic rings. The van der Waals surface area contributed by atoms with Crippen LogP contribution in [0.4, 0.5) is 4.39 Å². The van der Waals surface area contributed by atoms with E-state index < -0.39 is 0 Å². The molecule has 0 aliphatic heterocycles. The van der Waals surface area contributed by atoms with Crippen LogP contribution in [-0.4, -0.2) is 39.6 Å². The molecule has 8 heteroatoms. The third-order valence-corrected chi connectivity index (χ3v) is 7.57. The molecule has 4 rings (SSSR count). The largest absolute Gasteiger partial charge is 0.342 e. The van der Waals surface area contributed by atoms with Crippen molar-refractivity contribution in [2.75, 3.05) is 12.8 Å². The average Bonchev–Trinajstić information content (AvgIpc) is 3.17. The van der Waals surface area contributed by atoms with E-state index in [1.165, 1.54) is 35.2 Å². The van der Waals surface area contributed by atoms with Gasteiger partial charge in [0.05, 0.1) is 11.1 Å². The van der Waals surface area contributed by atoms with Crippen LogP contribution in [0.1, 0.15) is 32.6 Å². The van der Waals surface area contributed by atoms with E-state index in [1.54, 1.807) is 12.1 Å². The molecule has 0 atom stereocenters. The van der Waals surface area contributed by atoms with Crippen LogP contribution >= 0.6 is 23.1 Å². The van der Waals surface area contributed by atoms with Crippen LogP contribution in [0.2, 0.25) is 0 Å². The number of carbonyl (C=O) groups excluding carboxylic acids is 1. The second-order valence-electron chi connectivity index (χ2n) is 7.91. The van der Waals surface area contributed by atoms with Gasteiger partial charge in [0.25, 0.3) is 5.56 Å². The van der Waals surface area contributed by atoms with Gasteiger partial charge in [-0.25, -0.2) is 9.37 Å². The van der Waals surface area contributed by atoms with E-state index in [1.807, 2.05) is 17.3 Å². The van der Waals surface area contributed by atoms with E-state index in [-0.39, 0.29) is 23.0 Å². The Kier molecular flexibility index (Phi) is 6.24. The van der Waals surface area contributed by atoms with Crippen molar-refractivity contribution in [1.29, 1.82) is 0 Å². The molecule has 1 fully saturated rings. The zero-order chi connectivity index (χ0) is 21.3. The molecule has 1 N–H and O–H groups in total. The summed E-state index contributed by atoms with van der Waals surface area (Å²) in [4.78, 5) is 35.1. The van der Waals surface area contributed by atoms with E-state index in [9.17, 15) is 14.0 Å². The Bertz CT molecular complexity index is 1100. The minimum Gasteiger partial charge on any atom is -0.342 e. The van der Waals surface area contributed by atoms with Crippen molar-refractivity contribution in [1.82, 2.24) is 14.9 Å². The average molecular weight is 446 g/mol. The van der Waals surface area contributed by atoms with Gasteiger partial charge in [0, 0.05) is 24.0 Å². The molecule has 0 saturated heterocycles. The molecule has 1 amide bonds. The number of amides is 1. The standard InChI is InChI=1S/C22H24FN3O2S2/c1-13-3-9-16(10-4-13)26(2)18(27)12-30-22-24-20(28)19-17(11-29-21(19)25-22)14-5-7-15(23)8-6-14/h5-8,11,13,16H,3-4,9-10,12H2,1-2H3,(H,24,25,28). The molecule has 3 aromatic rings. The van der Waals surface area contributed by atoms with E-state index in [0.29, 0.717) is 21.4 Å². The number of rotatable bonds is 5.